The van der Waals surface area contributed by atoms with Crippen LogP contribution in [0.2, 0.25) is 0 Å². The zero-order valence-corrected chi connectivity index (χ0v) is 10.9. The fourth-order valence-electron chi connectivity index (χ4n) is 2.08. The van der Waals surface area contributed by atoms with Gasteiger partial charge < -0.3 is 15.3 Å². The number of aromatic nitrogens is 2. The summed E-state index contributed by atoms with van der Waals surface area (Å²) in [7, 11) is 0. The molecule has 0 aliphatic heterocycles. The quantitative estimate of drug-likeness (QED) is 0.679. The third-order valence-corrected chi connectivity index (χ3v) is 3.05. The summed E-state index contributed by atoms with van der Waals surface area (Å²) in [5.74, 6) is 0. The Bertz CT molecular complexity index is 784. The third kappa shape index (κ3) is 2.80. The summed E-state index contributed by atoms with van der Waals surface area (Å²) in [6, 6.07) is 15.9. The Balaban J connectivity index is 1.65. The van der Waals surface area contributed by atoms with Crippen molar-refractivity contribution in [3.05, 3.63) is 70.7 Å². The van der Waals surface area contributed by atoms with Crippen molar-refractivity contribution in [1.29, 1.82) is 0 Å². The molecule has 4 nitrogen and oxygen atoms in total. The van der Waals surface area contributed by atoms with Crippen LogP contribution in [-0.4, -0.2) is 16.5 Å². The molecule has 3 N–H and O–H groups in total. The van der Waals surface area contributed by atoms with Crippen LogP contribution in [0, 0.1) is 0 Å². The van der Waals surface area contributed by atoms with Gasteiger partial charge in [0.2, 0.25) is 0 Å². The maximum Gasteiger partial charge on any atom is 0.323 e. The molecule has 0 atom stereocenters. The van der Waals surface area contributed by atoms with Crippen molar-refractivity contribution in [2.45, 2.75) is 0 Å². The van der Waals surface area contributed by atoms with Crippen molar-refractivity contribution in [3.8, 4) is 0 Å². The molecule has 20 heavy (non-hydrogen) atoms. The predicted octanol–water partition coefficient (Wildman–Crippen LogP) is 2.98. The van der Waals surface area contributed by atoms with Gasteiger partial charge in [-0.3, -0.25) is 0 Å². The second kappa shape index (κ2) is 5.48. The van der Waals surface area contributed by atoms with Crippen LogP contribution in [0.5, 0.6) is 0 Å². The molecular weight excluding hydrogens is 250 g/mol. The van der Waals surface area contributed by atoms with E-state index in [9.17, 15) is 4.79 Å². The van der Waals surface area contributed by atoms with Crippen molar-refractivity contribution in [2.75, 3.05) is 11.9 Å². The SMILES string of the molecule is O=c1[nH]c2ccc(NC/C=C/c3ccccc3)cc2[nH]1. The van der Waals surface area contributed by atoms with E-state index in [2.05, 4.69) is 39.6 Å². The summed E-state index contributed by atoms with van der Waals surface area (Å²) in [5, 5.41) is 3.29. The lowest BCUT2D eigenvalue weighted by Crippen LogP contribution is -1.99. The summed E-state index contributed by atoms with van der Waals surface area (Å²) in [4.78, 5) is 16.6. The molecule has 1 aromatic heterocycles. The Morgan fingerprint density at radius 2 is 1.80 bits per heavy atom. The highest BCUT2D eigenvalue weighted by Crippen LogP contribution is 2.14. The molecule has 0 saturated heterocycles. The number of fused-ring (bicyclic) bond motifs is 1. The van der Waals surface area contributed by atoms with Gasteiger partial charge in [-0.15, -0.1) is 0 Å². The van der Waals surface area contributed by atoms with Crippen molar-refractivity contribution in [2.24, 2.45) is 0 Å². The Labute approximate surface area is 116 Å². The van der Waals surface area contributed by atoms with Crippen LogP contribution in [0.4, 0.5) is 5.69 Å². The Kier molecular flexibility index (Phi) is 3.37. The molecule has 0 radical (unpaired) electrons. The van der Waals surface area contributed by atoms with E-state index in [0.29, 0.717) is 0 Å². The highest BCUT2D eigenvalue weighted by Gasteiger charge is 1.98. The first kappa shape index (κ1) is 12.3. The van der Waals surface area contributed by atoms with Crippen LogP contribution in [-0.2, 0) is 0 Å². The van der Waals surface area contributed by atoms with Crippen LogP contribution in [0.15, 0.2) is 59.4 Å². The van der Waals surface area contributed by atoms with E-state index in [1.165, 1.54) is 5.56 Å². The monoisotopic (exact) mass is 265 g/mol. The van der Waals surface area contributed by atoms with Gasteiger partial charge in [0.25, 0.3) is 0 Å². The number of rotatable bonds is 4. The summed E-state index contributed by atoms with van der Waals surface area (Å²) >= 11 is 0. The van der Waals surface area contributed by atoms with Crippen LogP contribution in [0.25, 0.3) is 17.1 Å². The molecule has 3 aromatic rings. The average molecular weight is 265 g/mol. The van der Waals surface area contributed by atoms with E-state index in [-0.39, 0.29) is 5.69 Å². The Morgan fingerprint density at radius 3 is 2.65 bits per heavy atom. The highest BCUT2D eigenvalue weighted by atomic mass is 16.1. The second-order valence-electron chi connectivity index (χ2n) is 4.53. The standard InChI is InChI=1S/C16H15N3O/c20-16-18-14-9-8-13(11-15(14)19-16)17-10-4-7-12-5-2-1-3-6-12/h1-9,11,17H,10H2,(H2,18,19,20)/b7-4+. The molecule has 0 saturated carbocycles. The van der Waals surface area contributed by atoms with Crippen LogP contribution >= 0.6 is 0 Å². The number of nitrogens with one attached hydrogen (secondary N) is 3. The van der Waals surface area contributed by atoms with Crippen molar-refractivity contribution in [1.82, 2.24) is 9.97 Å². The fraction of sp³-hybridized carbons (Fsp3) is 0.0625. The molecule has 3 rings (SSSR count). The number of aromatic amines is 2. The molecule has 0 spiro atoms. The predicted molar refractivity (Wildman–Crippen MR) is 82.9 cm³/mol. The van der Waals surface area contributed by atoms with Crippen LogP contribution < -0.4 is 11.0 Å². The maximum absolute atomic E-state index is 11.2. The van der Waals surface area contributed by atoms with Crippen LogP contribution in [0.3, 0.4) is 0 Å². The number of anilines is 1. The van der Waals surface area contributed by atoms with Crippen LogP contribution in [0.1, 0.15) is 5.56 Å². The second-order valence-corrected chi connectivity index (χ2v) is 4.53. The van der Waals surface area contributed by atoms with Crippen molar-refractivity contribution >= 4 is 22.8 Å². The minimum atomic E-state index is -0.180. The first-order valence-electron chi connectivity index (χ1n) is 6.49. The molecular formula is C16H15N3O. The number of imidazole rings is 1. The molecule has 100 valence electrons. The van der Waals surface area contributed by atoms with Gasteiger partial charge in [0.05, 0.1) is 11.0 Å². The molecule has 0 amide bonds. The fourth-order valence-corrected chi connectivity index (χ4v) is 2.08. The topological polar surface area (TPSA) is 60.7 Å². The largest absolute Gasteiger partial charge is 0.381 e. The first-order valence-corrected chi connectivity index (χ1v) is 6.49. The summed E-state index contributed by atoms with van der Waals surface area (Å²) in [5.41, 5.74) is 3.61. The van der Waals surface area contributed by atoms with Gasteiger partial charge in [0.15, 0.2) is 0 Å². The summed E-state index contributed by atoms with van der Waals surface area (Å²) in [6.45, 7) is 0.731. The average Bonchev–Trinajstić information content (AvgIpc) is 2.84. The molecule has 0 aliphatic rings. The summed E-state index contributed by atoms with van der Waals surface area (Å²) in [6.07, 6.45) is 4.14. The van der Waals surface area contributed by atoms with Gasteiger partial charge in [0.1, 0.15) is 0 Å². The number of hydrogen-bond acceptors (Lipinski definition) is 2. The zero-order valence-electron chi connectivity index (χ0n) is 10.9. The Hall–Kier alpha value is -2.75. The minimum Gasteiger partial charge on any atom is -0.381 e. The lowest BCUT2D eigenvalue weighted by Gasteiger charge is -2.02. The Morgan fingerprint density at radius 1 is 1.00 bits per heavy atom. The van der Waals surface area contributed by atoms with E-state index in [1.54, 1.807) is 0 Å². The van der Waals surface area contributed by atoms with E-state index in [0.717, 1.165) is 23.3 Å². The minimum absolute atomic E-state index is 0.180. The summed E-state index contributed by atoms with van der Waals surface area (Å²) < 4.78 is 0. The van der Waals surface area contributed by atoms with Crippen molar-refractivity contribution < 1.29 is 0 Å². The van der Waals surface area contributed by atoms with E-state index < -0.39 is 0 Å². The lowest BCUT2D eigenvalue weighted by molar-refractivity contribution is 1.21. The van der Waals surface area contributed by atoms with Gasteiger partial charge in [0, 0.05) is 12.2 Å². The van der Waals surface area contributed by atoms with E-state index >= 15 is 0 Å². The highest BCUT2D eigenvalue weighted by molar-refractivity contribution is 5.78. The normalized spacial score (nSPS) is 11.2. The molecule has 0 fully saturated rings. The van der Waals surface area contributed by atoms with Crippen molar-refractivity contribution in [3.63, 3.8) is 0 Å². The van der Waals surface area contributed by atoms with Gasteiger partial charge in [-0.25, -0.2) is 4.79 Å². The number of H-pyrrole nitrogens is 2. The maximum atomic E-state index is 11.2. The first-order chi connectivity index (χ1) is 9.81. The number of hydrogen-bond donors (Lipinski definition) is 3. The number of benzene rings is 2. The molecule has 0 aliphatic carbocycles. The lowest BCUT2D eigenvalue weighted by atomic mass is 10.2. The zero-order chi connectivity index (χ0) is 13.8. The van der Waals surface area contributed by atoms with Gasteiger partial charge in [-0.2, -0.15) is 0 Å². The van der Waals surface area contributed by atoms with Gasteiger partial charge in [-0.1, -0.05) is 42.5 Å². The third-order valence-electron chi connectivity index (χ3n) is 3.05. The van der Waals surface area contributed by atoms with Gasteiger partial charge >= 0.3 is 5.69 Å². The van der Waals surface area contributed by atoms with E-state index in [4.69, 9.17) is 0 Å². The molecule has 1 heterocycles. The van der Waals surface area contributed by atoms with Gasteiger partial charge in [-0.05, 0) is 23.8 Å². The molecule has 2 aromatic carbocycles. The molecule has 4 heteroatoms. The molecule has 0 bridgehead atoms. The smallest absolute Gasteiger partial charge is 0.323 e. The molecule has 0 unspecified atom stereocenters. The van der Waals surface area contributed by atoms with E-state index in [1.807, 2.05) is 36.4 Å².